The van der Waals surface area contributed by atoms with E-state index in [0.29, 0.717) is 13.0 Å². The van der Waals surface area contributed by atoms with E-state index in [9.17, 15) is 18.0 Å². The van der Waals surface area contributed by atoms with Crippen LogP contribution in [0.2, 0.25) is 0 Å². The smallest absolute Gasteiger partial charge is 0.422 e. The number of ether oxygens (including phenoxy) is 2. The lowest BCUT2D eigenvalue weighted by Gasteiger charge is -2.28. The lowest BCUT2D eigenvalue weighted by molar-refractivity contribution is -0.153. The fourth-order valence-electron chi connectivity index (χ4n) is 3.19. The van der Waals surface area contributed by atoms with Crippen LogP contribution in [-0.4, -0.2) is 37.9 Å². The van der Waals surface area contributed by atoms with Crippen LogP contribution < -0.4 is 20.5 Å². The van der Waals surface area contributed by atoms with Crippen LogP contribution in [0.4, 0.5) is 13.2 Å². The maximum absolute atomic E-state index is 12.3. The standard InChI is InChI=1S/C18H25F3N2O3.ClH/c1-25-15-10-13(4-6-14(15)26-12-18(19,20)21)5-7-16(24)23-17(11-22)8-2-3-9-17;/h4,6,10H,2-3,5,7-9,11-12,22H2,1H3,(H,23,24);1H. The van der Waals surface area contributed by atoms with Crippen molar-refractivity contribution in [2.24, 2.45) is 5.73 Å². The van der Waals surface area contributed by atoms with Gasteiger partial charge in [0.1, 0.15) is 0 Å². The molecule has 3 N–H and O–H groups in total. The Morgan fingerprint density at radius 2 is 1.93 bits per heavy atom. The van der Waals surface area contributed by atoms with E-state index in [4.69, 9.17) is 15.2 Å². The summed E-state index contributed by atoms with van der Waals surface area (Å²) >= 11 is 0. The second-order valence-electron chi connectivity index (χ2n) is 6.63. The number of halogens is 4. The summed E-state index contributed by atoms with van der Waals surface area (Å²) in [6.45, 7) is -0.954. The quantitative estimate of drug-likeness (QED) is 0.689. The molecule has 2 rings (SSSR count). The highest BCUT2D eigenvalue weighted by atomic mass is 35.5. The van der Waals surface area contributed by atoms with Crippen LogP contribution in [0, 0.1) is 0 Å². The zero-order valence-electron chi connectivity index (χ0n) is 15.2. The SMILES string of the molecule is COc1cc(CCC(=O)NC2(CN)CCCC2)ccc1OCC(F)(F)F.Cl. The number of rotatable bonds is 8. The average molecular weight is 411 g/mol. The largest absolute Gasteiger partial charge is 0.493 e. The predicted molar refractivity (Wildman–Crippen MR) is 98.5 cm³/mol. The molecule has 0 aromatic heterocycles. The van der Waals surface area contributed by atoms with E-state index in [1.807, 2.05) is 0 Å². The van der Waals surface area contributed by atoms with Gasteiger partial charge in [-0.15, -0.1) is 12.4 Å². The van der Waals surface area contributed by atoms with Crippen LogP contribution in [0.25, 0.3) is 0 Å². The highest BCUT2D eigenvalue weighted by molar-refractivity contribution is 5.85. The van der Waals surface area contributed by atoms with Gasteiger partial charge in [0.05, 0.1) is 12.6 Å². The van der Waals surface area contributed by atoms with Crippen molar-refractivity contribution in [3.63, 3.8) is 0 Å². The van der Waals surface area contributed by atoms with Crippen LogP contribution in [0.5, 0.6) is 11.5 Å². The third-order valence-corrected chi connectivity index (χ3v) is 4.62. The Hall–Kier alpha value is -1.67. The van der Waals surface area contributed by atoms with Crippen LogP contribution in [0.3, 0.4) is 0 Å². The first-order chi connectivity index (χ1) is 12.3. The highest BCUT2D eigenvalue weighted by Crippen LogP contribution is 2.31. The molecule has 1 fully saturated rings. The molecule has 1 amide bonds. The van der Waals surface area contributed by atoms with E-state index in [1.54, 1.807) is 12.1 Å². The summed E-state index contributed by atoms with van der Waals surface area (Å²) < 4.78 is 46.7. The number of hydrogen-bond acceptors (Lipinski definition) is 4. The van der Waals surface area contributed by atoms with Crippen molar-refractivity contribution in [2.45, 2.75) is 50.2 Å². The van der Waals surface area contributed by atoms with Crippen LogP contribution in [-0.2, 0) is 11.2 Å². The molecular weight excluding hydrogens is 385 g/mol. The Balaban J connectivity index is 0.00000364. The molecule has 0 radical (unpaired) electrons. The van der Waals surface area contributed by atoms with Crippen LogP contribution in [0.15, 0.2) is 18.2 Å². The van der Waals surface area contributed by atoms with Crippen molar-refractivity contribution >= 4 is 18.3 Å². The summed E-state index contributed by atoms with van der Waals surface area (Å²) in [6, 6.07) is 4.65. The Morgan fingerprint density at radius 3 is 2.48 bits per heavy atom. The van der Waals surface area contributed by atoms with Gasteiger partial charge in [0.25, 0.3) is 0 Å². The lowest BCUT2D eigenvalue weighted by atomic mass is 9.97. The molecule has 1 saturated carbocycles. The van der Waals surface area contributed by atoms with Gasteiger partial charge in [-0.25, -0.2) is 0 Å². The lowest BCUT2D eigenvalue weighted by Crippen LogP contribution is -2.51. The zero-order valence-corrected chi connectivity index (χ0v) is 16.0. The molecule has 0 unspecified atom stereocenters. The van der Waals surface area contributed by atoms with Crippen molar-refractivity contribution in [3.05, 3.63) is 23.8 Å². The number of aryl methyl sites for hydroxylation is 1. The predicted octanol–water partition coefficient (Wildman–Crippen LogP) is 3.38. The van der Waals surface area contributed by atoms with Crippen molar-refractivity contribution in [3.8, 4) is 11.5 Å². The fourth-order valence-corrected chi connectivity index (χ4v) is 3.19. The number of carbonyl (C=O) groups excluding carboxylic acids is 1. The summed E-state index contributed by atoms with van der Waals surface area (Å²) in [5.41, 5.74) is 6.31. The van der Waals surface area contributed by atoms with Gasteiger partial charge in [-0.3, -0.25) is 4.79 Å². The zero-order chi connectivity index (χ0) is 19.2. The molecule has 0 saturated heterocycles. The second kappa shape index (κ2) is 10.0. The first kappa shape index (κ1) is 23.4. The van der Waals surface area contributed by atoms with Gasteiger partial charge >= 0.3 is 6.18 Å². The van der Waals surface area contributed by atoms with Crippen molar-refractivity contribution in [1.82, 2.24) is 5.32 Å². The molecule has 0 heterocycles. The number of carbonyl (C=O) groups is 1. The topological polar surface area (TPSA) is 73.6 Å². The normalized spacial score (nSPS) is 15.7. The van der Waals surface area contributed by atoms with Gasteiger partial charge in [-0.1, -0.05) is 18.9 Å². The molecule has 0 atom stereocenters. The van der Waals surface area contributed by atoms with Gasteiger partial charge in [-0.2, -0.15) is 13.2 Å². The van der Waals surface area contributed by atoms with E-state index in [0.717, 1.165) is 31.2 Å². The van der Waals surface area contributed by atoms with Crippen molar-refractivity contribution in [2.75, 3.05) is 20.3 Å². The monoisotopic (exact) mass is 410 g/mol. The maximum Gasteiger partial charge on any atom is 0.422 e. The number of nitrogens with one attached hydrogen (secondary N) is 1. The molecule has 9 heteroatoms. The summed E-state index contributed by atoms with van der Waals surface area (Å²) in [7, 11) is 1.36. The number of methoxy groups -OCH3 is 1. The Morgan fingerprint density at radius 1 is 1.26 bits per heavy atom. The third-order valence-electron chi connectivity index (χ3n) is 4.62. The minimum atomic E-state index is -4.42. The van der Waals surface area contributed by atoms with Crippen LogP contribution >= 0.6 is 12.4 Å². The molecule has 27 heavy (non-hydrogen) atoms. The maximum atomic E-state index is 12.3. The summed E-state index contributed by atoms with van der Waals surface area (Å²) in [5, 5.41) is 3.04. The highest BCUT2D eigenvalue weighted by Gasteiger charge is 2.33. The summed E-state index contributed by atoms with van der Waals surface area (Å²) in [6.07, 6.45) is 0.224. The first-order valence-corrected chi connectivity index (χ1v) is 8.64. The molecule has 5 nitrogen and oxygen atoms in total. The number of alkyl halides is 3. The Kier molecular flexibility index (Phi) is 8.68. The minimum absolute atomic E-state index is 0. The van der Waals surface area contributed by atoms with Gasteiger partial charge < -0.3 is 20.5 Å². The Labute approximate surface area is 163 Å². The second-order valence-corrected chi connectivity index (χ2v) is 6.63. The summed E-state index contributed by atoms with van der Waals surface area (Å²) in [4.78, 5) is 12.2. The molecule has 0 spiro atoms. The van der Waals surface area contributed by atoms with E-state index >= 15 is 0 Å². The Bertz CT molecular complexity index is 620. The van der Waals surface area contributed by atoms with Gasteiger partial charge in [0.15, 0.2) is 18.1 Å². The van der Waals surface area contributed by atoms with Gasteiger partial charge in [0, 0.05) is 13.0 Å². The van der Waals surface area contributed by atoms with E-state index in [1.165, 1.54) is 13.2 Å². The molecule has 154 valence electrons. The number of benzene rings is 1. The fraction of sp³-hybridized carbons (Fsp3) is 0.611. The van der Waals surface area contributed by atoms with Gasteiger partial charge in [-0.05, 0) is 37.0 Å². The minimum Gasteiger partial charge on any atom is -0.493 e. The molecular formula is C18H26ClF3N2O3. The molecule has 1 aromatic rings. The molecule has 0 aliphatic heterocycles. The first-order valence-electron chi connectivity index (χ1n) is 8.64. The molecule has 1 aliphatic rings. The third kappa shape index (κ3) is 7.10. The summed E-state index contributed by atoms with van der Waals surface area (Å²) in [5.74, 6) is 0.154. The number of amides is 1. The van der Waals surface area contributed by atoms with Crippen LogP contribution in [0.1, 0.15) is 37.7 Å². The molecule has 1 aromatic carbocycles. The van der Waals surface area contributed by atoms with E-state index in [-0.39, 0.29) is 41.8 Å². The van der Waals surface area contributed by atoms with Gasteiger partial charge in [0.2, 0.25) is 5.91 Å². The number of nitrogens with two attached hydrogens (primary N) is 1. The van der Waals surface area contributed by atoms with E-state index < -0.39 is 12.8 Å². The molecule has 0 bridgehead atoms. The number of hydrogen-bond donors (Lipinski definition) is 2. The molecule has 1 aliphatic carbocycles. The average Bonchev–Trinajstić information content (AvgIpc) is 3.06. The van der Waals surface area contributed by atoms with Crippen molar-refractivity contribution in [1.29, 1.82) is 0 Å². The van der Waals surface area contributed by atoms with E-state index in [2.05, 4.69) is 5.32 Å². The van der Waals surface area contributed by atoms with Crippen molar-refractivity contribution < 1.29 is 27.4 Å².